The maximum absolute atomic E-state index is 13.1. The van der Waals surface area contributed by atoms with Crippen molar-refractivity contribution in [2.24, 2.45) is 0 Å². The number of anilines is 1. The number of rotatable bonds is 4. The van der Waals surface area contributed by atoms with Crippen LogP contribution in [-0.2, 0) is 0 Å². The van der Waals surface area contributed by atoms with Crippen LogP contribution in [0.5, 0.6) is 0 Å². The van der Waals surface area contributed by atoms with Gasteiger partial charge in [-0.05, 0) is 24.6 Å². The molecule has 94 valence electrons. The molecule has 1 heterocycles. The second-order valence-electron chi connectivity index (χ2n) is 3.85. The Kier molecular flexibility index (Phi) is 3.82. The Morgan fingerprint density at radius 1 is 1.17 bits per heavy atom. The summed E-state index contributed by atoms with van der Waals surface area (Å²) < 4.78 is 26.0. The van der Waals surface area contributed by atoms with Gasteiger partial charge in [0.2, 0.25) is 0 Å². The Morgan fingerprint density at radius 3 is 2.72 bits per heavy atom. The van der Waals surface area contributed by atoms with Crippen LogP contribution in [0.2, 0.25) is 0 Å². The highest BCUT2D eigenvalue weighted by Crippen LogP contribution is 2.20. The zero-order chi connectivity index (χ0) is 13.0. The Hall–Kier alpha value is -2.04. The monoisotopic (exact) mass is 249 g/mol. The molecule has 0 saturated heterocycles. The van der Waals surface area contributed by atoms with Crippen LogP contribution in [0.15, 0.2) is 30.6 Å². The van der Waals surface area contributed by atoms with E-state index in [1.807, 2.05) is 6.92 Å². The van der Waals surface area contributed by atoms with Crippen molar-refractivity contribution in [2.45, 2.75) is 13.3 Å². The van der Waals surface area contributed by atoms with Crippen molar-refractivity contribution in [1.82, 2.24) is 9.97 Å². The zero-order valence-corrected chi connectivity index (χ0v) is 9.95. The van der Waals surface area contributed by atoms with Crippen LogP contribution in [0.4, 0.5) is 14.6 Å². The molecule has 0 aliphatic heterocycles. The summed E-state index contributed by atoms with van der Waals surface area (Å²) in [4.78, 5) is 8.31. The molecule has 1 N–H and O–H groups in total. The zero-order valence-electron chi connectivity index (χ0n) is 9.95. The van der Waals surface area contributed by atoms with Gasteiger partial charge in [-0.2, -0.15) is 0 Å². The molecule has 0 aliphatic rings. The predicted octanol–water partition coefficient (Wildman–Crippen LogP) is 3.24. The summed E-state index contributed by atoms with van der Waals surface area (Å²) in [5.74, 6) is -1.13. The van der Waals surface area contributed by atoms with E-state index in [2.05, 4.69) is 15.3 Å². The van der Waals surface area contributed by atoms with E-state index in [9.17, 15) is 8.78 Å². The maximum atomic E-state index is 13.1. The SMILES string of the molecule is CCCNc1cncc(-c2ccc(F)c(F)c2)n1. The standard InChI is InChI=1S/C13H13F2N3/c1-2-5-17-13-8-16-7-12(18-13)9-3-4-10(14)11(15)6-9/h3-4,6-8H,2,5H2,1H3,(H,17,18). The summed E-state index contributed by atoms with van der Waals surface area (Å²) >= 11 is 0. The van der Waals surface area contributed by atoms with Gasteiger partial charge in [-0.25, -0.2) is 13.8 Å². The predicted molar refractivity (Wildman–Crippen MR) is 66.2 cm³/mol. The average molecular weight is 249 g/mol. The summed E-state index contributed by atoms with van der Waals surface area (Å²) in [6, 6.07) is 3.67. The lowest BCUT2D eigenvalue weighted by atomic mass is 10.1. The molecule has 5 heteroatoms. The Balaban J connectivity index is 2.29. The minimum absolute atomic E-state index is 0.501. The third kappa shape index (κ3) is 2.80. The van der Waals surface area contributed by atoms with E-state index >= 15 is 0 Å². The van der Waals surface area contributed by atoms with Crippen molar-refractivity contribution in [3.05, 3.63) is 42.2 Å². The lowest BCUT2D eigenvalue weighted by molar-refractivity contribution is 0.509. The first kappa shape index (κ1) is 12.4. The Labute approximate surface area is 104 Å². The van der Waals surface area contributed by atoms with Crippen molar-refractivity contribution < 1.29 is 8.78 Å². The topological polar surface area (TPSA) is 37.8 Å². The molecule has 0 radical (unpaired) electrons. The molecule has 0 unspecified atom stereocenters. The first-order valence-corrected chi connectivity index (χ1v) is 5.72. The lowest BCUT2D eigenvalue weighted by Gasteiger charge is -2.06. The first-order chi connectivity index (χ1) is 8.70. The van der Waals surface area contributed by atoms with Gasteiger partial charge in [0, 0.05) is 12.1 Å². The van der Waals surface area contributed by atoms with Gasteiger partial charge in [0.05, 0.1) is 18.1 Å². The summed E-state index contributed by atoms with van der Waals surface area (Å²) in [5.41, 5.74) is 1.01. The van der Waals surface area contributed by atoms with Gasteiger partial charge in [0.15, 0.2) is 11.6 Å². The molecule has 18 heavy (non-hydrogen) atoms. The van der Waals surface area contributed by atoms with Gasteiger partial charge in [0.1, 0.15) is 5.82 Å². The summed E-state index contributed by atoms with van der Waals surface area (Å²) in [6.45, 7) is 2.83. The van der Waals surface area contributed by atoms with E-state index in [0.29, 0.717) is 17.1 Å². The smallest absolute Gasteiger partial charge is 0.159 e. The minimum atomic E-state index is -0.888. The normalized spacial score (nSPS) is 10.4. The lowest BCUT2D eigenvalue weighted by Crippen LogP contribution is -2.03. The fraction of sp³-hybridized carbons (Fsp3) is 0.231. The van der Waals surface area contributed by atoms with Gasteiger partial charge in [0.25, 0.3) is 0 Å². The average Bonchev–Trinajstić information content (AvgIpc) is 2.40. The highest BCUT2D eigenvalue weighted by atomic mass is 19.2. The van der Waals surface area contributed by atoms with Crippen molar-refractivity contribution in [3.8, 4) is 11.3 Å². The third-order valence-electron chi connectivity index (χ3n) is 2.41. The molecule has 0 saturated carbocycles. The summed E-state index contributed by atoms with van der Waals surface area (Å²) in [6.07, 6.45) is 4.08. The molecule has 0 fully saturated rings. The van der Waals surface area contributed by atoms with Gasteiger partial charge in [-0.1, -0.05) is 6.92 Å². The van der Waals surface area contributed by atoms with Crippen LogP contribution >= 0.6 is 0 Å². The van der Waals surface area contributed by atoms with Crippen LogP contribution in [0.25, 0.3) is 11.3 Å². The molecular formula is C13H13F2N3. The van der Waals surface area contributed by atoms with Gasteiger partial charge in [-0.15, -0.1) is 0 Å². The summed E-state index contributed by atoms with van der Waals surface area (Å²) in [5, 5.41) is 3.09. The highest BCUT2D eigenvalue weighted by Gasteiger charge is 2.06. The van der Waals surface area contributed by atoms with Gasteiger partial charge < -0.3 is 5.32 Å². The van der Waals surface area contributed by atoms with Crippen molar-refractivity contribution in [2.75, 3.05) is 11.9 Å². The van der Waals surface area contributed by atoms with E-state index in [1.54, 1.807) is 6.20 Å². The van der Waals surface area contributed by atoms with E-state index in [-0.39, 0.29) is 0 Å². The molecule has 0 amide bonds. The number of hydrogen-bond acceptors (Lipinski definition) is 3. The van der Waals surface area contributed by atoms with Crippen LogP contribution in [0.3, 0.4) is 0 Å². The third-order valence-corrected chi connectivity index (χ3v) is 2.41. The number of nitrogens with one attached hydrogen (secondary N) is 1. The molecule has 3 nitrogen and oxygen atoms in total. The molecule has 0 aliphatic carbocycles. The molecular weight excluding hydrogens is 236 g/mol. The van der Waals surface area contributed by atoms with Crippen molar-refractivity contribution in [1.29, 1.82) is 0 Å². The van der Waals surface area contributed by atoms with E-state index in [0.717, 1.165) is 25.1 Å². The quantitative estimate of drug-likeness (QED) is 0.903. The Morgan fingerprint density at radius 2 is 2.00 bits per heavy atom. The fourth-order valence-corrected chi connectivity index (χ4v) is 1.50. The van der Waals surface area contributed by atoms with Crippen LogP contribution < -0.4 is 5.32 Å². The van der Waals surface area contributed by atoms with E-state index in [4.69, 9.17) is 0 Å². The molecule has 2 rings (SSSR count). The van der Waals surface area contributed by atoms with Crippen molar-refractivity contribution >= 4 is 5.82 Å². The number of benzene rings is 1. The van der Waals surface area contributed by atoms with Crippen LogP contribution in [0, 0.1) is 11.6 Å². The number of halogens is 2. The first-order valence-electron chi connectivity index (χ1n) is 5.72. The number of aromatic nitrogens is 2. The molecule has 0 bridgehead atoms. The second-order valence-corrected chi connectivity index (χ2v) is 3.85. The molecule has 0 atom stereocenters. The van der Waals surface area contributed by atoms with E-state index in [1.165, 1.54) is 12.3 Å². The fourth-order valence-electron chi connectivity index (χ4n) is 1.50. The highest BCUT2D eigenvalue weighted by molar-refractivity contribution is 5.59. The van der Waals surface area contributed by atoms with Crippen molar-refractivity contribution in [3.63, 3.8) is 0 Å². The number of hydrogen-bond donors (Lipinski definition) is 1. The molecule has 1 aromatic heterocycles. The van der Waals surface area contributed by atoms with Crippen LogP contribution in [-0.4, -0.2) is 16.5 Å². The largest absolute Gasteiger partial charge is 0.369 e. The second kappa shape index (κ2) is 5.53. The minimum Gasteiger partial charge on any atom is -0.369 e. The van der Waals surface area contributed by atoms with E-state index < -0.39 is 11.6 Å². The number of nitrogens with zero attached hydrogens (tertiary/aromatic N) is 2. The van der Waals surface area contributed by atoms with Gasteiger partial charge in [-0.3, -0.25) is 4.98 Å². The van der Waals surface area contributed by atoms with Gasteiger partial charge >= 0.3 is 0 Å². The summed E-state index contributed by atoms with van der Waals surface area (Å²) in [7, 11) is 0. The molecule has 2 aromatic rings. The maximum Gasteiger partial charge on any atom is 0.159 e. The Bertz CT molecular complexity index is 544. The van der Waals surface area contributed by atoms with Crippen LogP contribution in [0.1, 0.15) is 13.3 Å². The molecule has 0 spiro atoms. The molecule has 1 aromatic carbocycles.